The summed E-state index contributed by atoms with van der Waals surface area (Å²) in [6.07, 6.45) is 0.827. The van der Waals surface area contributed by atoms with Crippen LogP contribution in [-0.2, 0) is 9.53 Å². The van der Waals surface area contributed by atoms with Crippen molar-refractivity contribution in [2.24, 2.45) is 5.41 Å². The first kappa shape index (κ1) is 11.3. The Morgan fingerprint density at radius 1 is 1.29 bits per heavy atom. The van der Waals surface area contributed by atoms with Crippen LogP contribution in [0.1, 0.15) is 48.0 Å². The van der Waals surface area contributed by atoms with Gasteiger partial charge in [0.2, 0.25) is 5.78 Å². The molecule has 0 spiro atoms. The molecule has 0 saturated heterocycles. The van der Waals surface area contributed by atoms with Gasteiger partial charge < -0.3 is 4.74 Å². The quantitative estimate of drug-likeness (QED) is 0.644. The van der Waals surface area contributed by atoms with Gasteiger partial charge in [0, 0.05) is 12.0 Å². The van der Waals surface area contributed by atoms with E-state index in [-0.39, 0.29) is 11.2 Å². The van der Waals surface area contributed by atoms with Gasteiger partial charge in [-0.1, -0.05) is 20.8 Å². The second kappa shape index (κ2) is 3.11. The Labute approximate surface area is 86.3 Å². The molecule has 1 heterocycles. The molecule has 0 aromatic heterocycles. The zero-order chi connectivity index (χ0) is 11.1. The van der Waals surface area contributed by atoms with Gasteiger partial charge in [-0.05, 0) is 26.2 Å². The Hall–Kier alpha value is -0.790. The van der Waals surface area contributed by atoms with E-state index in [2.05, 4.69) is 20.8 Å². The summed E-state index contributed by atoms with van der Waals surface area (Å²) in [4.78, 5) is 11.7. The van der Waals surface area contributed by atoms with Gasteiger partial charge in [0.25, 0.3) is 0 Å². The first-order chi connectivity index (χ1) is 6.13. The van der Waals surface area contributed by atoms with Gasteiger partial charge in [-0.25, -0.2) is 0 Å². The molecular formula is C12H20O2. The Bertz CT molecular complexity index is 290. The van der Waals surface area contributed by atoms with E-state index in [4.69, 9.17) is 4.74 Å². The fraction of sp³-hybridized carbons (Fsp3) is 0.750. The van der Waals surface area contributed by atoms with E-state index in [0.717, 1.165) is 17.8 Å². The van der Waals surface area contributed by atoms with Gasteiger partial charge in [0.1, 0.15) is 5.76 Å². The molecule has 2 heteroatoms. The van der Waals surface area contributed by atoms with E-state index in [1.54, 1.807) is 0 Å². The number of ketones is 1. The zero-order valence-corrected chi connectivity index (χ0v) is 10.0. The average Bonchev–Trinajstić information content (AvgIpc) is 2.11. The number of hydrogen-bond donors (Lipinski definition) is 0. The van der Waals surface area contributed by atoms with Crippen molar-refractivity contribution in [1.82, 2.24) is 0 Å². The third kappa shape index (κ3) is 2.17. The van der Waals surface area contributed by atoms with Crippen LogP contribution in [0.4, 0.5) is 0 Å². The summed E-state index contributed by atoms with van der Waals surface area (Å²) >= 11 is 0. The molecule has 0 saturated carbocycles. The summed E-state index contributed by atoms with van der Waals surface area (Å²) in [6.45, 7) is 12.0. The van der Waals surface area contributed by atoms with Crippen LogP contribution in [0.5, 0.6) is 0 Å². The molecule has 0 fully saturated rings. The highest BCUT2D eigenvalue weighted by Crippen LogP contribution is 2.36. The van der Waals surface area contributed by atoms with Crippen LogP contribution in [0.3, 0.4) is 0 Å². The van der Waals surface area contributed by atoms with Gasteiger partial charge in [0.05, 0.1) is 0 Å². The molecule has 0 aliphatic carbocycles. The monoisotopic (exact) mass is 196 g/mol. The lowest BCUT2D eigenvalue weighted by molar-refractivity contribution is -0.127. The molecule has 1 aliphatic heterocycles. The van der Waals surface area contributed by atoms with Crippen LogP contribution in [0.2, 0.25) is 0 Å². The maximum Gasteiger partial charge on any atom is 0.204 e. The zero-order valence-electron chi connectivity index (χ0n) is 10.0. The van der Waals surface area contributed by atoms with Crippen LogP contribution < -0.4 is 0 Å². The maximum absolute atomic E-state index is 11.7. The first-order valence-electron chi connectivity index (χ1n) is 5.07. The molecule has 0 bridgehead atoms. The molecule has 14 heavy (non-hydrogen) atoms. The van der Waals surface area contributed by atoms with Crippen molar-refractivity contribution < 1.29 is 9.53 Å². The lowest BCUT2D eigenvalue weighted by atomic mass is 9.90. The molecule has 2 nitrogen and oxygen atoms in total. The molecule has 1 aliphatic rings. The van der Waals surface area contributed by atoms with Gasteiger partial charge in [0.15, 0.2) is 5.60 Å². The van der Waals surface area contributed by atoms with E-state index in [0.29, 0.717) is 0 Å². The molecule has 0 N–H and O–H groups in total. The van der Waals surface area contributed by atoms with E-state index >= 15 is 0 Å². The van der Waals surface area contributed by atoms with Crippen molar-refractivity contribution in [2.75, 3.05) is 0 Å². The second-order valence-electron chi connectivity index (χ2n) is 5.73. The SMILES string of the molecule is CC1=C(CC(C)(C)C)OC(C)(C)C1=O. The number of carbonyl (C=O) groups is 1. The molecule has 0 amide bonds. The third-order valence-corrected chi connectivity index (χ3v) is 2.37. The van der Waals surface area contributed by atoms with E-state index in [1.807, 2.05) is 20.8 Å². The predicted octanol–water partition coefficient (Wildman–Crippen LogP) is 3.07. The van der Waals surface area contributed by atoms with E-state index in [9.17, 15) is 4.79 Å². The number of rotatable bonds is 1. The summed E-state index contributed by atoms with van der Waals surface area (Å²) < 4.78 is 5.68. The predicted molar refractivity (Wildman–Crippen MR) is 56.9 cm³/mol. The Morgan fingerprint density at radius 3 is 2.07 bits per heavy atom. The van der Waals surface area contributed by atoms with Gasteiger partial charge in [-0.2, -0.15) is 0 Å². The lowest BCUT2D eigenvalue weighted by Gasteiger charge is -2.22. The van der Waals surface area contributed by atoms with E-state index in [1.165, 1.54) is 0 Å². The molecule has 80 valence electrons. The fourth-order valence-electron chi connectivity index (χ4n) is 1.66. The highest BCUT2D eigenvalue weighted by molar-refractivity contribution is 6.03. The van der Waals surface area contributed by atoms with Crippen LogP contribution in [0, 0.1) is 5.41 Å². The number of Topliss-reactive ketones (excluding diaryl/α,β-unsaturated/α-hetero) is 1. The summed E-state index contributed by atoms with van der Waals surface area (Å²) in [5.74, 6) is 0.990. The number of hydrogen-bond acceptors (Lipinski definition) is 2. The highest BCUT2D eigenvalue weighted by atomic mass is 16.5. The smallest absolute Gasteiger partial charge is 0.204 e. The van der Waals surface area contributed by atoms with Crippen LogP contribution in [-0.4, -0.2) is 11.4 Å². The van der Waals surface area contributed by atoms with Crippen molar-refractivity contribution in [1.29, 1.82) is 0 Å². The molecule has 0 atom stereocenters. The number of ether oxygens (including phenoxy) is 1. The summed E-state index contributed by atoms with van der Waals surface area (Å²) in [6, 6.07) is 0. The normalized spacial score (nSPS) is 21.4. The Balaban J connectivity index is 2.88. The largest absolute Gasteiger partial charge is 0.484 e. The van der Waals surface area contributed by atoms with Gasteiger partial charge in [-0.3, -0.25) is 4.79 Å². The minimum atomic E-state index is -0.648. The van der Waals surface area contributed by atoms with Gasteiger partial charge >= 0.3 is 0 Å². The van der Waals surface area contributed by atoms with Crippen LogP contribution in [0.15, 0.2) is 11.3 Å². The van der Waals surface area contributed by atoms with Crippen molar-refractivity contribution in [3.05, 3.63) is 11.3 Å². The maximum atomic E-state index is 11.7. The molecule has 1 rings (SSSR count). The standard InChI is InChI=1S/C12H20O2/c1-8-9(7-11(2,3)4)14-12(5,6)10(8)13/h7H2,1-6H3. The minimum absolute atomic E-state index is 0.122. The Kier molecular flexibility index (Phi) is 2.51. The second-order valence-corrected chi connectivity index (χ2v) is 5.73. The number of carbonyl (C=O) groups excluding carboxylic acids is 1. The number of allylic oxidation sites excluding steroid dienone is 1. The molecule has 0 aromatic rings. The average molecular weight is 196 g/mol. The molecule has 0 radical (unpaired) electrons. The van der Waals surface area contributed by atoms with Crippen molar-refractivity contribution in [3.63, 3.8) is 0 Å². The summed E-state index contributed by atoms with van der Waals surface area (Å²) in [5, 5.41) is 0. The summed E-state index contributed by atoms with van der Waals surface area (Å²) in [5.41, 5.74) is 0.312. The Morgan fingerprint density at radius 2 is 1.79 bits per heavy atom. The summed E-state index contributed by atoms with van der Waals surface area (Å²) in [7, 11) is 0. The lowest BCUT2D eigenvalue weighted by Crippen LogP contribution is -2.29. The van der Waals surface area contributed by atoms with Crippen molar-refractivity contribution in [3.8, 4) is 0 Å². The molecular weight excluding hydrogens is 176 g/mol. The molecule has 0 aromatic carbocycles. The van der Waals surface area contributed by atoms with Crippen LogP contribution >= 0.6 is 0 Å². The topological polar surface area (TPSA) is 26.3 Å². The van der Waals surface area contributed by atoms with Crippen LogP contribution in [0.25, 0.3) is 0 Å². The van der Waals surface area contributed by atoms with E-state index < -0.39 is 5.60 Å². The third-order valence-electron chi connectivity index (χ3n) is 2.37. The van der Waals surface area contributed by atoms with Gasteiger partial charge in [-0.15, -0.1) is 0 Å². The minimum Gasteiger partial charge on any atom is -0.484 e. The first-order valence-corrected chi connectivity index (χ1v) is 5.07. The molecule has 0 unspecified atom stereocenters. The fourth-order valence-corrected chi connectivity index (χ4v) is 1.66. The van der Waals surface area contributed by atoms with Crippen molar-refractivity contribution in [2.45, 2.75) is 53.6 Å². The van der Waals surface area contributed by atoms with Crippen molar-refractivity contribution >= 4 is 5.78 Å². The highest BCUT2D eigenvalue weighted by Gasteiger charge is 2.40.